The Labute approximate surface area is 73.0 Å². The van der Waals surface area contributed by atoms with Crippen molar-refractivity contribution in [1.29, 1.82) is 0 Å². The summed E-state index contributed by atoms with van der Waals surface area (Å²) in [5, 5.41) is 0. The molecular weight excluding hydrogens is 134 g/mol. The number of hydrogen-bond acceptors (Lipinski definition) is 1. The fourth-order valence-electron chi connectivity index (χ4n) is 0. The molecule has 0 aliphatic heterocycles. The second-order valence-electron chi connectivity index (χ2n) is 0.934. The van der Waals surface area contributed by atoms with Gasteiger partial charge in [0, 0.05) is 0 Å². The first-order valence-electron chi connectivity index (χ1n) is 4.23. The summed E-state index contributed by atoms with van der Waals surface area (Å²) >= 11 is 0. The maximum Gasteiger partial charge on any atom is -0.0106 e. The largest absolute Gasteiger partial charge is 0.405 e. The summed E-state index contributed by atoms with van der Waals surface area (Å²) in [6.45, 7) is 15.1. The molecule has 11 heavy (non-hydrogen) atoms. The maximum absolute atomic E-state index is 4.85. The van der Waals surface area contributed by atoms with Crippen molar-refractivity contribution < 1.29 is 0 Å². The van der Waals surface area contributed by atoms with E-state index >= 15 is 0 Å². The number of nitrogens with two attached hydrogens (primary N) is 1. The smallest absolute Gasteiger partial charge is 0.0106 e. The van der Waals surface area contributed by atoms with Gasteiger partial charge in [-0.15, -0.1) is 6.58 Å². The average Bonchev–Trinajstić information content (AvgIpc) is 2.12. The molecular formula is C10H25N. The van der Waals surface area contributed by atoms with Crippen molar-refractivity contribution in [2.45, 2.75) is 41.5 Å². The van der Waals surface area contributed by atoms with Gasteiger partial charge in [-0.1, -0.05) is 39.8 Å². The molecule has 0 spiro atoms. The van der Waals surface area contributed by atoms with Gasteiger partial charge < -0.3 is 5.73 Å². The van der Waals surface area contributed by atoms with Crippen molar-refractivity contribution in [2.75, 3.05) is 0 Å². The van der Waals surface area contributed by atoms with Crippen LogP contribution in [0.15, 0.2) is 24.9 Å². The molecule has 0 unspecified atom stereocenters. The van der Waals surface area contributed by atoms with Crippen LogP contribution in [0.2, 0.25) is 0 Å². The van der Waals surface area contributed by atoms with E-state index in [2.05, 4.69) is 6.58 Å². The Bertz CT molecular complexity index is 42.8. The summed E-state index contributed by atoms with van der Waals surface area (Å²) in [5.74, 6) is 0. The molecule has 0 atom stereocenters. The molecule has 0 rings (SSSR count). The molecule has 0 bridgehead atoms. The average molecular weight is 159 g/mol. The molecule has 0 radical (unpaired) electrons. The molecule has 0 heterocycles. The van der Waals surface area contributed by atoms with Crippen LogP contribution in [-0.2, 0) is 0 Å². The van der Waals surface area contributed by atoms with Gasteiger partial charge >= 0.3 is 0 Å². The van der Waals surface area contributed by atoms with Gasteiger partial charge in [0.1, 0.15) is 0 Å². The lowest BCUT2D eigenvalue weighted by Gasteiger charge is -1.53. The van der Waals surface area contributed by atoms with E-state index < -0.39 is 0 Å². The fraction of sp³-hybridized carbons (Fsp3) is 0.600. The minimum atomic E-state index is 1.50. The van der Waals surface area contributed by atoms with E-state index in [4.69, 9.17) is 5.73 Å². The minimum Gasteiger partial charge on any atom is -0.405 e. The zero-order chi connectivity index (χ0) is 10.1. The van der Waals surface area contributed by atoms with Crippen LogP contribution in [0.3, 0.4) is 0 Å². The lowest BCUT2D eigenvalue weighted by Crippen LogP contribution is -1.70. The van der Waals surface area contributed by atoms with Gasteiger partial charge in [-0.05, 0) is 20.0 Å². The second kappa shape index (κ2) is 122. The Morgan fingerprint density at radius 3 is 1.09 bits per heavy atom. The molecule has 0 aliphatic rings. The highest BCUT2D eigenvalue weighted by Crippen LogP contribution is 1.47. The summed E-state index contributed by atoms with van der Waals surface area (Å²) in [5.41, 5.74) is 4.85. The lowest BCUT2D eigenvalue weighted by molar-refractivity contribution is 1.50. The summed E-state index contributed by atoms with van der Waals surface area (Å²) in [6.07, 6.45) is 5.03. The number of rotatable bonds is 0. The number of allylic oxidation sites excluding steroid dienone is 2. The van der Waals surface area contributed by atoms with Crippen molar-refractivity contribution in [3.8, 4) is 0 Å². The molecule has 0 amide bonds. The molecule has 0 saturated carbocycles. The third kappa shape index (κ3) is 6270. The van der Waals surface area contributed by atoms with E-state index in [9.17, 15) is 0 Å². The first kappa shape index (κ1) is 22.4. The fourth-order valence-corrected chi connectivity index (χ4v) is 0. The quantitative estimate of drug-likeness (QED) is 0.536. The van der Waals surface area contributed by atoms with Gasteiger partial charge in [-0.2, -0.15) is 0 Å². The maximum atomic E-state index is 4.85. The highest BCUT2D eigenvalue weighted by molar-refractivity contribution is 4.66. The topological polar surface area (TPSA) is 26.0 Å². The van der Waals surface area contributed by atoms with Crippen molar-refractivity contribution in [2.24, 2.45) is 5.73 Å². The first-order chi connectivity index (χ1) is 5.33. The molecule has 0 saturated heterocycles. The van der Waals surface area contributed by atoms with Crippen molar-refractivity contribution >= 4 is 0 Å². The number of hydrogen-bond donors (Lipinski definition) is 1. The van der Waals surface area contributed by atoms with E-state index in [1.165, 1.54) is 6.20 Å². The van der Waals surface area contributed by atoms with Gasteiger partial charge in [-0.3, -0.25) is 0 Å². The molecule has 1 nitrogen and oxygen atoms in total. The Kier molecular flexibility index (Phi) is 250. The van der Waals surface area contributed by atoms with Crippen LogP contribution in [-0.4, -0.2) is 0 Å². The van der Waals surface area contributed by atoms with Crippen LogP contribution in [0, 0.1) is 0 Å². The third-order valence-electron chi connectivity index (χ3n) is 0.192. The van der Waals surface area contributed by atoms with E-state index in [0.29, 0.717) is 0 Å². The minimum absolute atomic E-state index is 1.50. The Hall–Kier alpha value is -0.720. The molecule has 0 fully saturated rings. The summed E-state index contributed by atoms with van der Waals surface area (Å²) in [6, 6.07) is 0. The zero-order valence-corrected chi connectivity index (χ0v) is 9.02. The van der Waals surface area contributed by atoms with E-state index in [-0.39, 0.29) is 0 Å². The van der Waals surface area contributed by atoms with E-state index in [0.717, 1.165) is 0 Å². The van der Waals surface area contributed by atoms with Crippen LogP contribution in [0.25, 0.3) is 0 Å². The van der Waals surface area contributed by atoms with Crippen LogP contribution >= 0.6 is 0 Å². The van der Waals surface area contributed by atoms with Crippen LogP contribution in [0.1, 0.15) is 41.5 Å². The molecule has 70 valence electrons. The predicted octanol–water partition coefficient (Wildman–Crippen LogP) is 3.72. The van der Waals surface area contributed by atoms with Crippen molar-refractivity contribution in [3.63, 3.8) is 0 Å². The Morgan fingerprint density at radius 2 is 1.09 bits per heavy atom. The standard InChI is InChI=1S/C3H7N.C3H6.2C2H6/c1-2-3-4;1-3-2;2*1-2/h2-3H,4H2,1H3;3H,1H2,2H3;2*1-2H3/b3-2-;;;. The monoisotopic (exact) mass is 159 g/mol. The molecule has 0 aromatic rings. The van der Waals surface area contributed by atoms with Crippen LogP contribution in [0.4, 0.5) is 0 Å². The summed E-state index contributed by atoms with van der Waals surface area (Å²) in [4.78, 5) is 0. The molecule has 2 N–H and O–H groups in total. The molecule has 1 heteroatoms. The lowest BCUT2D eigenvalue weighted by atomic mass is 10.7. The predicted molar refractivity (Wildman–Crippen MR) is 57.6 cm³/mol. The van der Waals surface area contributed by atoms with E-state index in [1.54, 1.807) is 12.2 Å². The van der Waals surface area contributed by atoms with Gasteiger partial charge in [0.25, 0.3) is 0 Å². The molecule has 0 aromatic heterocycles. The SMILES string of the molecule is C/C=C\N.C=CC.CC.CC. The van der Waals surface area contributed by atoms with Gasteiger partial charge in [0.15, 0.2) is 0 Å². The highest BCUT2D eigenvalue weighted by atomic mass is 14.5. The second-order valence-corrected chi connectivity index (χ2v) is 0.934. The molecule has 0 aliphatic carbocycles. The highest BCUT2D eigenvalue weighted by Gasteiger charge is 1.32. The van der Waals surface area contributed by atoms with E-state index in [1.807, 2.05) is 41.5 Å². The zero-order valence-electron chi connectivity index (χ0n) is 9.02. The van der Waals surface area contributed by atoms with Gasteiger partial charge in [0.2, 0.25) is 0 Å². The van der Waals surface area contributed by atoms with Crippen molar-refractivity contribution in [3.05, 3.63) is 24.9 Å². The van der Waals surface area contributed by atoms with Crippen molar-refractivity contribution in [1.82, 2.24) is 0 Å². The Morgan fingerprint density at radius 1 is 1.00 bits per heavy atom. The van der Waals surface area contributed by atoms with Gasteiger partial charge in [-0.25, -0.2) is 0 Å². The normalized spacial score (nSPS) is 5.64. The van der Waals surface area contributed by atoms with Crippen LogP contribution in [0.5, 0.6) is 0 Å². The summed E-state index contributed by atoms with van der Waals surface area (Å²) in [7, 11) is 0. The third-order valence-corrected chi connectivity index (χ3v) is 0.192. The van der Waals surface area contributed by atoms with Gasteiger partial charge in [0.05, 0.1) is 0 Å². The summed E-state index contributed by atoms with van der Waals surface area (Å²) < 4.78 is 0. The first-order valence-corrected chi connectivity index (χ1v) is 4.23. The Balaban J connectivity index is -0.0000000315. The molecule has 0 aromatic carbocycles. The van der Waals surface area contributed by atoms with Crippen LogP contribution < -0.4 is 5.73 Å².